The number of carbonyl (C=O) groups excluding carboxylic acids is 1. The quantitative estimate of drug-likeness (QED) is 0.781. The van der Waals surface area contributed by atoms with E-state index in [2.05, 4.69) is 15.6 Å². The van der Waals surface area contributed by atoms with Crippen molar-refractivity contribution in [2.24, 2.45) is 7.05 Å². The van der Waals surface area contributed by atoms with E-state index in [4.69, 9.17) is 4.52 Å². The summed E-state index contributed by atoms with van der Waals surface area (Å²) in [5.74, 6) is -0.690. The Balaban J connectivity index is 1.89. The minimum absolute atomic E-state index is 0.195. The zero-order chi connectivity index (χ0) is 18.1. The van der Waals surface area contributed by atoms with E-state index in [1.165, 1.54) is 4.57 Å². The second-order valence-electron chi connectivity index (χ2n) is 5.89. The molecule has 1 amide bonds. The molecule has 0 saturated carbocycles. The van der Waals surface area contributed by atoms with Gasteiger partial charge in [-0.25, -0.2) is 9.36 Å². The van der Waals surface area contributed by atoms with Crippen LogP contribution >= 0.6 is 0 Å². The SMILES string of the molecule is Cc1ccccc1-c1noc(=O)n1CC(=O)Nc1c(C)nn(C)c1C. The molecule has 0 spiro atoms. The number of aryl methyl sites for hydroxylation is 3. The van der Waals surface area contributed by atoms with Crippen LogP contribution in [0.4, 0.5) is 5.69 Å². The first-order valence-electron chi connectivity index (χ1n) is 7.81. The van der Waals surface area contributed by atoms with Crippen LogP contribution in [0.15, 0.2) is 33.6 Å². The molecule has 8 nitrogen and oxygen atoms in total. The van der Waals surface area contributed by atoms with Gasteiger partial charge in [-0.05, 0) is 26.3 Å². The van der Waals surface area contributed by atoms with Crippen molar-refractivity contribution in [3.05, 3.63) is 51.8 Å². The lowest BCUT2D eigenvalue weighted by Crippen LogP contribution is -2.26. The third kappa shape index (κ3) is 3.10. The lowest BCUT2D eigenvalue weighted by atomic mass is 10.1. The van der Waals surface area contributed by atoms with Gasteiger partial charge in [-0.15, -0.1) is 0 Å². The number of nitrogens with zero attached hydrogens (tertiary/aromatic N) is 4. The van der Waals surface area contributed by atoms with Crippen molar-refractivity contribution in [2.75, 3.05) is 5.32 Å². The molecule has 1 aromatic carbocycles. The number of rotatable bonds is 4. The molecule has 0 bridgehead atoms. The lowest BCUT2D eigenvalue weighted by Gasteiger charge is -2.08. The average molecular weight is 341 g/mol. The molecular formula is C17H19N5O3. The monoisotopic (exact) mass is 341 g/mol. The number of benzene rings is 1. The zero-order valence-corrected chi connectivity index (χ0v) is 14.5. The predicted molar refractivity (Wildman–Crippen MR) is 92.2 cm³/mol. The lowest BCUT2D eigenvalue weighted by molar-refractivity contribution is -0.116. The summed E-state index contributed by atoms with van der Waals surface area (Å²) in [5.41, 5.74) is 3.88. The van der Waals surface area contributed by atoms with Crippen molar-refractivity contribution >= 4 is 11.6 Å². The summed E-state index contributed by atoms with van der Waals surface area (Å²) in [7, 11) is 1.80. The van der Waals surface area contributed by atoms with Gasteiger partial charge in [0, 0.05) is 12.6 Å². The summed E-state index contributed by atoms with van der Waals surface area (Å²) >= 11 is 0. The minimum atomic E-state index is -0.673. The maximum atomic E-state index is 12.4. The van der Waals surface area contributed by atoms with Crippen molar-refractivity contribution in [3.63, 3.8) is 0 Å². The van der Waals surface area contributed by atoms with E-state index in [0.717, 1.165) is 16.8 Å². The van der Waals surface area contributed by atoms with Crippen LogP contribution in [-0.2, 0) is 18.4 Å². The molecule has 8 heteroatoms. The highest BCUT2D eigenvalue weighted by molar-refractivity contribution is 5.92. The standard InChI is InChI=1S/C17H19N5O3/c1-10-7-5-6-8-13(10)16-20-25-17(24)22(16)9-14(23)18-15-11(2)19-21(4)12(15)3/h5-8H,9H2,1-4H3,(H,18,23). The van der Waals surface area contributed by atoms with Crippen molar-refractivity contribution in [1.29, 1.82) is 0 Å². The summed E-state index contributed by atoms with van der Waals surface area (Å²) in [6.07, 6.45) is 0. The van der Waals surface area contributed by atoms with Gasteiger partial charge in [0.2, 0.25) is 5.91 Å². The fraction of sp³-hybridized carbons (Fsp3) is 0.294. The molecule has 3 aromatic rings. The van der Waals surface area contributed by atoms with E-state index in [1.807, 2.05) is 45.0 Å². The summed E-state index contributed by atoms with van der Waals surface area (Å²) in [6, 6.07) is 7.47. The van der Waals surface area contributed by atoms with Crippen LogP contribution in [0.2, 0.25) is 0 Å². The molecule has 0 unspecified atom stereocenters. The van der Waals surface area contributed by atoms with Gasteiger partial charge in [-0.2, -0.15) is 5.10 Å². The Morgan fingerprint density at radius 3 is 2.60 bits per heavy atom. The number of anilines is 1. The summed E-state index contributed by atoms with van der Waals surface area (Å²) in [5, 5.41) is 10.9. The first kappa shape index (κ1) is 16.7. The van der Waals surface area contributed by atoms with Gasteiger partial charge in [0.1, 0.15) is 6.54 Å². The molecule has 1 N–H and O–H groups in total. The van der Waals surface area contributed by atoms with Crippen LogP contribution in [0, 0.1) is 20.8 Å². The van der Waals surface area contributed by atoms with E-state index in [9.17, 15) is 9.59 Å². The first-order valence-corrected chi connectivity index (χ1v) is 7.81. The summed E-state index contributed by atoms with van der Waals surface area (Å²) < 4.78 is 7.68. The molecule has 2 heterocycles. The Morgan fingerprint density at radius 2 is 1.96 bits per heavy atom. The predicted octanol–water partition coefficient (Wildman–Crippen LogP) is 1.80. The molecule has 25 heavy (non-hydrogen) atoms. The van der Waals surface area contributed by atoms with Gasteiger partial charge in [-0.3, -0.25) is 14.0 Å². The van der Waals surface area contributed by atoms with Gasteiger partial charge >= 0.3 is 5.76 Å². The topological polar surface area (TPSA) is 94.9 Å². The smallest absolute Gasteiger partial charge is 0.321 e. The summed E-state index contributed by atoms with van der Waals surface area (Å²) in [6.45, 7) is 5.38. The number of aromatic nitrogens is 4. The fourth-order valence-electron chi connectivity index (χ4n) is 2.70. The Bertz CT molecular complexity index is 996. The molecule has 2 aromatic heterocycles. The van der Waals surface area contributed by atoms with Gasteiger partial charge in [0.15, 0.2) is 5.82 Å². The molecule has 0 aliphatic rings. The molecule has 0 aliphatic carbocycles. The van der Waals surface area contributed by atoms with E-state index in [-0.39, 0.29) is 12.5 Å². The van der Waals surface area contributed by atoms with E-state index in [1.54, 1.807) is 11.7 Å². The Morgan fingerprint density at radius 1 is 1.24 bits per heavy atom. The van der Waals surface area contributed by atoms with Crippen molar-refractivity contribution in [3.8, 4) is 11.4 Å². The molecule has 0 fully saturated rings. The number of hydrogen-bond acceptors (Lipinski definition) is 5. The molecule has 0 saturated heterocycles. The normalized spacial score (nSPS) is 10.9. The van der Waals surface area contributed by atoms with E-state index < -0.39 is 5.76 Å². The number of amides is 1. The van der Waals surface area contributed by atoms with Crippen LogP contribution in [0.25, 0.3) is 11.4 Å². The number of nitrogens with one attached hydrogen (secondary N) is 1. The number of hydrogen-bond donors (Lipinski definition) is 1. The molecule has 0 aliphatic heterocycles. The maximum absolute atomic E-state index is 12.4. The maximum Gasteiger partial charge on any atom is 0.442 e. The van der Waals surface area contributed by atoms with E-state index in [0.29, 0.717) is 17.2 Å². The van der Waals surface area contributed by atoms with Crippen LogP contribution in [0.5, 0.6) is 0 Å². The van der Waals surface area contributed by atoms with E-state index >= 15 is 0 Å². The first-order chi connectivity index (χ1) is 11.9. The van der Waals surface area contributed by atoms with Crippen LogP contribution in [-0.4, -0.2) is 25.4 Å². The largest absolute Gasteiger partial charge is 0.442 e. The Hall–Kier alpha value is -3.16. The number of carbonyl (C=O) groups is 1. The van der Waals surface area contributed by atoms with Gasteiger partial charge in [0.25, 0.3) is 0 Å². The minimum Gasteiger partial charge on any atom is -0.321 e. The third-order valence-electron chi connectivity index (χ3n) is 4.15. The Labute approximate surface area is 144 Å². The van der Waals surface area contributed by atoms with Crippen molar-refractivity contribution in [2.45, 2.75) is 27.3 Å². The van der Waals surface area contributed by atoms with Gasteiger partial charge in [0.05, 0.1) is 17.1 Å². The highest BCUT2D eigenvalue weighted by atomic mass is 16.5. The van der Waals surface area contributed by atoms with Crippen molar-refractivity contribution in [1.82, 2.24) is 19.5 Å². The molecule has 130 valence electrons. The molecule has 0 atom stereocenters. The van der Waals surface area contributed by atoms with Crippen molar-refractivity contribution < 1.29 is 9.32 Å². The van der Waals surface area contributed by atoms with Crippen LogP contribution < -0.4 is 11.1 Å². The Kier molecular flexibility index (Phi) is 4.26. The second-order valence-corrected chi connectivity index (χ2v) is 5.89. The molecular weight excluding hydrogens is 322 g/mol. The van der Waals surface area contributed by atoms with Gasteiger partial charge in [-0.1, -0.05) is 29.4 Å². The van der Waals surface area contributed by atoms with Gasteiger partial charge < -0.3 is 5.32 Å². The van der Waals surface area contributed by atoms with Crippen LogP contribution in [0.1, 0.15) is 17.0 Å². The molecule has 0 radical (unpaired) electrons. The second kappa shape index (κ2) is 6.39. The fourth-order valence-corrected chi connectivity index (χ4v) is 2.70. The third-order valence-corrected chi connectivity index (χ3v) is 4.15. The van der Waals surface area contributed by atoms with Crippen LogP contribution in [0.3, 0.4) is 0 Å². The zero-order valence-electron chi connectivity index (χ0n) is 14.5. The highest BCUT2D eigenvalue weighted by Crippen LogP contribution is 2.21. The average Bonchev–Trinajstić information content (AvgIpc) is 3.03. The highest BCUT2D eigenvalue weighted by Gasteiger charge is 2.19. The molecule has 3 rings (SSSR count). The summed E-state index contributed by atoms with van der Waals surface area (Å²) in [4.78, 5) is 24.4.